The Balaban J connectivity index is 1.48. The van der Waals surface area contributed by atoms with Crippen LogP contribution in [0, 0.1) is 18.3 Å². The highest BCUT2D eigenvalue weighted by Gasteiger charge is 2.51. The molecule has 2 fully saturated rings. The summed E-state index contributed by atoms with van der Waals surface area (Å²) >= 11 is 0. The van der Waals surface area contributed by atoms with Gasteiger partial charge in [0.05, 0.1) is 26.5 Å². The molecular weight excluding hydrogens is 338 g/mol. The molecule has 2 aromatic rings. The van der Waals surface area contributed by atoms with Crippen molar-refractivity contribution in [1.82, 2.24) is 20.4 Å². The fourth-order valence-corrected chi connectivity index (χ4v) is 3.74. The van der Waals surface area contributed by atoms with Crippen molar-refractivity contribution in [2.75, 3.05) is 44.9 Å². The number of hydrogen-bond acceptors (Lipinski definition) is 8. The minimum Gasteiger partial charge on any atom is -0.481 e. The standard InChI is InChI=1S/C17H21N5O4/c1-11-13(4-21-26-11)16(23)18-7-17-8-22(5-12(17)6-25-9-17)14-3-15(24-2)20-10-19-14/h3-4,10,12H,5-9H2,1-2H3,(H,18,23)/t12-,17+/m1/s1. The van der Waals surface area contributed by atoms with E-state index in [1.807, 2.05) is 6.07 Å². The molecule has 9 heteroatoms. The molecule has 4 rings (SSSR count). The molecule has 2 aromatic heterocycles. The van der Waals surface area contributed by atoms with E-state index in [0.29, 0.717) is 42.9 Å². The van der Waals surface area contributed by atoms with Crippen LogP contribution in [0.3, 0.4) is 0 Å². The highest BCUT2D eigenvalue weighted by Crippen LogP contribution is 2.42. The van der Waals surface area contributed by atoms with Gasteiger partial charge in [-0.3, -0.25) is 4.79 Å². The van der Waals surface area contributed by atoms with E-state index in [-0.39, 0.29) is 11.3 Å². The summed E-state index contributed by atoms with van der Waals surface area (Å²) in [7, 11) is 1.59. The molecule has 0 aliphatic carbocycles. The summed E-state index contributed by atoms with van der Waals surface area (Å²) in [4.78, 5) is 23.0. The number of carbonyl (C=O) groups is 1. The molecule has 0 spiro atoms. The Morgan fingerprint density at radius 2 is 2.38 bits per heavy atom. The third-order valence-electron chi connectivity index (χ3n) is 5.28. The predicted molar refractivity (Wildman–Crippen MR) is 91.1 cm³/mol. The summed E-state index contributed by atoms with van der Waals surface area (Å²) in [6, 6.07) is 1.83. The second kappa shape index (κ2) is 6.56. The van der Waals surface area contributed by atoms with E-state index in [0.717, 1.165) is 18.9 Å². The van der Waals surface area contributed by atoms with Crippen LogP contribution >= 0.6 is 0 Å². The zero-order valence-electron chi connectivity index (χ0n) is 14.8. The van der Waals surface area contributed by atoms with E-state index < -0.39 is 0 Å². The van der Waals surface area contributed by atoms with E-state index in [2.05, 4.69) is 25.3 Å². The van der Waals surface area contributed by atoms with Gasteiger partial charge < -0.3 is 24.2 Å². The highest BCUT2D eigenvalue weighted by molar-refractivity contribution is 5.94. The van der Waals surface area contributed by atoms with Crippen LogP contribution in [0.5, 0.6) is 5.88 Å². The van der Waals surface area contributed by atoms with Gasteiger partial charge >= 0.3 is 0 Å². The van der Waals surface area contributed by atoms with E-state index in [1.54, 1.807) is 14.0 Å². The zero-order valence-corrected chi connectivity index (χ0v) is 14.8. The molecule has 1 amide bonds. The summed E-state index contributed by atoms with van der Waals surface area (Å²) in [5.41, 5.74) is 0.325. The lowest BCUT2D eigenvalue weighted by Gasteiger charge is -2.27. The van der Waals surface area contributed by atoms with Crippen molar-refractivity contribution in [1.29, 1.82) is 0 Å². The topological polar surface area (TPSA) is 103 Å². The molecule has 0 saturated carbocycles. The molecular formula is C17H21N5O4. The quantitative estimate of drug-likeness (QED) is 0.831. The van der Waals surface area contributed by atoms with Crippen LogP contribution in [0.25, 0.3) is 0 Å². The third kappa shape index (κ3) is 2.88. The summed E-state index contributed by atoms with van der Waals surface area (Å²) in [5.74, 6) is 2.03. The monoisotopic (exact) mass is 359 g/mol. The van der Waals surface area contributed by atoms with Gasteiger partial charge in [0.2, 0.25) is 5.88 Å². The first-order valence-corrected chi connectivity index (χ1v) is 8.49. The third-order valence-corrected chi connectivity index (χ3v) is 5.28. The lowest BCUT2D eigenvalue weighted by Crippen LogP contribution is -2.43. The average molecular weight is 359 g/mol. The number of carbonyl (C=O) groups excluding carboxylic acids is 1. The van der Waals surface area contributed by atoms with Gasteiger partial charge in [0.15, 0.2) is 0 Å². The van der Waals surface area contributed by atoms with Crippen LogP contribution in [0.2, 0.25) is 0 Å². The van der Waals surface area contributed by atoms with Crippen molar-refractivity contribution in [3.8, 4) is 5.88 Å². The largest absolute Gasteiger partial charge is 0.481 e. The van der Waals surface area contributed by atoms with Crippen LogP contribution in [-0.4, -0.2) is 61.0 Å². The average Bonchev–Trinajstić information content (AvgIpc) is 3.33. The van der Waals surface area contributed by atoms with E-state index in [1.165, 1.54) is 12.5 Å². The number of nitrogens with zero attached hydrogens (tertiary/aromatic N) is 4. The molecule has 138 valence electrons. The Morgan fingerprint density at radius 3 is 3.15 bits per heavy atom. The second-order valence-electron chi connectivity index (χ2n) is 6.85. The van der Waals surface area contributed by atoms with Crippen molar-refractivity contribution >= 4 is 11.7 Å². The first-order chi connectivity index (χ1) is 12.6. The van der Waals surface area contributed by atoms with Gasteiger partial charge in [-0.1, -0.05) is 5.16 Å². The maximum Gasteiger partial charge on any atom is 0.256 e. The van der Waals surface area contributed by atoms with Crippen molar-refractivity contribution in [2.24, 2.45) is 11.3 Å². The van der Waals surface area contributed by atoms with Crippen LogP contribution in [0.4, 0.5) is 5.82 Å². The Hall–Kier alpha value is -2.68. The molecule has 0 unspecified atom stereocenters. The Kier molecular flexibility index (Phi) is 4.23. The van der Waals surface area contributed by atoms with Gasteiger partial charge in [0.25, 0.3) is 5.91 Å². The van der Waals surface area contributed by atoms with Gasteiger partial charge in [-0.2, -0.15) is 0 Å². The normalized spacial score (nSPS) is 24.5. The van der Waals surface area contributed by atoms with Crippen molar-refractivity contribution in [3.63, 3.8) is 0 Å². The molecule has 1 N–H and O–H groups in total. The number of methoxy groups -OCH3 is 1. The first-order valence-electron chi connectivity index (χ1n) is 8.49. The van der Waals surface area contributed by atoms with Gasteiger partial charge in [-0.15, -0.1) is 0 Å². The highest BCUT2D eigenvalue weighted by atomic mass is 16.5. The van der Waals surface area contributed by atoms with Crippen molar-refractivity contribution < 1.29 is 18.8 Å². The smallest absolute Gasteiger partial charge is 0.256 e. The fraction of sp³-hybridized carbons (Fsp3) is 0.529. The van der Waals surface area contributed by atoms with Crippen LogP contribution in [-0.2, 0) is 4.74 Å². The zero-order chi connectivity index (χ0) is 18.1. The van der Waals surface area contributed by atoms with Crippen molar-refractivity contribution in [2.45, 2.75) is 6.92 Å². The lowest BCUT2D eigenvalue weighted by molar-refractivity contribution is 0.0918. The number of rotatable bonds is 5. The molecule has 0 aromatic carbocycles. The van der Waals surface area contributed by atoms with Crippen LogP contribution < -0.4 is 15.0 Å². The molecule has 4 heterocycles. The number of fused-ring (bicyclic) bond motifs is 1. The summed E-state index contributed by atoms with van der Waals surface area (Å²) in [5, 5.41) is 6.68. The number of aryl methyl sites for hydroxylation is 1. The molecule has 2 saturated heterocycles. The van der Waals surface area contributed by atoms with Gasteiger partial charge in [-0.25, -0.2) is 9.97 Å². The van der Waals surface area contributed by atoms with Crippen LogP contribution in [0.15, 0.2) is 23.1 Å². The fourth-order valence-electron chi connectivity index (χ4n) is 3.74. The summed E-state index contributed by atoms with van der Waals surface area (Å²) in [6.45, 7) is 5.12. The lowest BCUT2D eigenvalue weighted by atomic mass is 9.81. The van der Waals surface area contributed by atoms with Gasteiger partial charge in [-0.05, 0) is 6.92 Å². The van der Waals surface area contributed by atoms with Crippen LogP contribution in [0.1, 0.15) is 16.1 Å². The number of ether oxygens (including phenoxy) is 2. The molecule has 2 atom stereocenters. The number of amides is 1. The molecule has 9 nitrogen and oxygen atoms in total. The van der Waals surface area contributed by atoms with Gasteiger partial charge in [0, 0.05) is 37.0 Å². The van der Waals surface area contributed by atoms with E-state index >= 15 is 0 Å². The number of anilines is 1. The van der Waals surface area contributed by atoms with E-state index in [9.17, 15) is 4.79 Å². The second-order valence-corrected chi connectivity index (χ2v) is 6.85. The van der Waals surface area contributed by atoms with Crippen molar-refractivity contribution in [3.05, 3.63) is 29.9 Å². The Bertz CT molecular complexity index is 810. The minimum absolute atomic E-state index is 0.140. The Morgan fingerprint density at radius 1 is 1.50 bits per heavy atom. The minimum atomic E-state index is -0.175. The molecule has 0 radical (unpaired) electrons. The summed E-state index contributed by atoms with van der Waals surface area (Å²) < 4.78 is 15.9. The number of aromatic nitrogens is 3. The molecule has 2 aliphatic rings. The number of hydrogen-bond donors (Lipinski definition) is 1. The number of nitrogens with one attached hydrogen (secondary N) is 1. The molecule has 0 bridgehead atoms. The maximum atomic E-state index is 12.4. The van der Waals surface area contributed by atoms with Gasteiger partial charge in [0.1, 0.15) is 23.5 Å². The summed E-state index contributed by atoms with van der Waals surface area (Å²) in [6.07, 6.45) is 2.95. The maximum absolute atomic E-state index is 12.4. The molecule has 2 aliphatic heterocycles. The Labute approximate surface area is 150 Å². The predicted octanol–water partition coefficient (Wildman–Crippen LogP) is 0.664. The van der Waals surface area contributed by atoms with E-state index in [4.69, 9.17) is 14.0 Å². The SMILES string of the molecule is COc1cc(N2C[C@@H]3COC[C@]3(CNC(=O)c3cnoc3C)C2)ncn1. The molecule has 26 heavy (non-hydrogen) atoms. The first kappa shape index (κ1) is 16.8.